The van der Waals surface area contributed by atoms with Crippen molar-refractivity contribution in [3.8, 4) is 33.4 Å². The largest absolute Gasteiger partial charge is 0.0683 e. The van der Waals surface area contributed by atoms with Gasteiger partial charge in [-0.05, 0) is 40.3 Å². The predicted molar refractivity (Wildman–Crippen MR) is 119 cm³/mol. The van der Waals surface area contributed by atoms with E-state index in [0.717, 1.165) is 0 Å². The highest BCUT2D eigenvalue weighted by atomic mass is 14.1. The lowest BCUT2D eigenvalue weighted by molar-refractivity contribution is 1.47. The minimum Gasteiger partial charge on any atom is -0.0683 e. The molecule has 0 bridgehead atoms. The Balaban J connectivity index is 0.00000102. The molecular weight excluding hydrogens is 324 g/mol. The molecule has 0 saturated carbocycles. The van der Waals surface area contributed by atoms with Gasteiger partial charge < -0.3 is 0 Å². The lowest BCUT2D eigenvalue weighted by Gasteiger charge is -2.14. The SMILES string of the molecule is CC.Cc1ccc(-c2ccccc2-c2ccccc2-c2ccccc2)cc1. The Morgan fingerprint density at radius 3 is 1.22 bits per heavy atom. The second-order valence-electron chi connectivity index (χ2n) is 6.32. The third-order valence-corrected chi connectivity index (χ3v) is 4.59. The van der Waals surface area contributed by atoms with Crippen LogP contribution in [0.3, 0.4) is 0 Å². The zero-order valence-electron chi connectivity index (χ0n) is 16.3. The Morgan fingerprint density at radius 1 is 0.370 bits per heavy atom. The molecule has 0 aliphatic carbocycles. The molecule has 0 atom stereocenters. The number of hydrogen-bond donors (Lipinski definition) is 0. The Kier molecular flexibility index (Phi) is 6.22. The molecule has 134 valence electrons. The summed E-state index contributed by atoms with van der Waals surface area (Å²) < 4.78 is 0. The van der Waals surface area contributed by atoms with Gasteiger partial charge in [-0.3, -0.25) is 0 Å². The van der Waals surface area contributed by atoms with E-state index in [9.17, 15) is 0 Å². The fraction of sp³-hybridized carbons (Fsp3) is 0.111. The van der Waals surface area contributed by atoms with Gasteiger partial charge in [-0.25, -0.2) is 0 Å². The minimum absolute atomic E-state index is 1.25. The molecule has 4 rings (SSSR count). The van der Waals surface area contributed by atoms with Crippen LogP contribution in [0.4, 0.5) is 0 Å². The number of hydrogen-bond acceptors (Lipinski definition) is 0. The summed E-state index contributed by atoms with van der Waals surface area (Å²) in [5.74, 6) is 0. The summed E-state index contributed by atoms with van der Waals surface area (Å²) in [5, 5.41) is 0. The Labute approximate surface area is 163 Å². The maximum Gasteiger partial charge on any atom is -0.00992 e. The van der Waals surface area contributed by atoms with Gasteiger partial charge in [-0.15, -0.1) is 0 Å². The van der Waals surface area contributed by atoms with E-state index >= 15 is 0 Å². The maximum absolute atomic E-state index is 2.22. The smallest absolute Gasteiger partial charge is 0.00992 e. The van der Waals surface area contributed by atoms with E-state index in [1.165, 1.54) is 38.9 Å². The second-order valence-corrected chi connectivity index (χ2v) is 6.32. The molecule has 0 spiro atoms. The monoisotopic (exact) mass is 350 g/mol. The highest BCUT2D eigenvalue weighted by molar-refractivity contribution is 5.91. The molecule has 0 heteroatoms. The number of rotatable bonds is 3. The van der Waals surface area contributed by atoms with E-state index in [2.05, 4.69) is 110 Å². The first-order valence-corrected chi connectivity index (χ1v) is 9.64. The third-order valence-electron chi connectivity index (χ3n) is 4.59. The summed E-state index contributed by atoms with van der Waals surface area (Å²) in [7, 11) is 0. The van der Waals surface area contributed by atoms with Gasteiger partial charge in [-0.1, -0.05) is 123 Å². The molecule has 0 heterocycles. The highest BCUT2D eigenvalue weighted by Gasteiger charge is 2.11. The minimum atomic E-state index is 1.25. The quantitative estimate of drug-likeness (QED) is 0.351. The zero-order valence-corrected chi connectivity index (χ0v) is 16.3. The molecule has 0 radical (unpaired) electrons. The van der Waals surface area contributed by atoms with E-state index in [-0.39, 0.29) is 0 Å². The van der Waals surface area contributed by atoms with Crippen LogP contribution in [-0.2, 0) is 0 Å². The molecule has 0 aliphatic heterocycles. The van der Waals surface area contributed by atoms with Crippen molar-refractivity contribution in [3.05, 3.63) is 109 Å². The van der Waals surface area contributed by atoms with Crippen molar-refractivity contribution in [2.24, 2.45) is 0 Å². The molecule has 0 amide bonds. The first-order chi connectivity index (χ1) is 13.3. The summed E-state index contributed by atoms with van der Waals surface area (Å²) in [6.07, 6.45) is 0. The molecule has 0 unspecified atom stereocenters. The van der Waals surface area contributed by atoms with E-state index in [4.69, 9.17) is 0 Å². The van der Waals surface area contributed by atoms with E-state index in [1.807, 2.05) is 13.8 Å². The van der Waals surface area contributed by atoms with E-state index < -0.39 is 0 Å². The van der Waals surface area contributed by atoms with Crippen molar-refractivity contribution >= 4 is 0 Å². The van der Waals surface area contributed by atoms with Crippen molar-refractivity contribution in [1.29, 1.82) is 0 Å². The fourth-order valence-electron chi connectivity index (χ4n) is 3.29. The van der Waals surface area contributed by atoms with Gasteiger partial charge in [0.15, 0.2) is 0 Å². The van der Waals surface area contributed by atoms with Crippen LogP contribution in [0.1, 0.15) is 19.4 Å². The number of benzene rings is 4. The molecule has 0 aromatic heterocycles. The van der Waals surface area contributed by atoms with Gasteiger partial charge in [0, 0.05) is 0 Å². The van der Waals surface area contributed by atoms with Crippen molar-refractivity contribution in [2.75, 3.05) is 0 Å². The molecule has 0 N–H and O–H groups in total. The van der Waals surface area contributed by atoms with Crippen molar-refractivity contribution in [3.63, 3.8) is 0 Å². The average molecular weight is 351 g/mol. The van der Waals surface area contributed by atoms with Gasteiger partial charge in [0.25, 0.3) is 0 Å². The molecule has 0 aliphatic rings. The molecule has 4 aromatic carbocycles. The Bertz CT molecular complexity index is 980. The topological polar surface area (TPSA) is 0 Å². The Hall–Kier alpha value is -3.12. The lowest BCUT2D eigenvalue weighted by Crippen LogP contribution is -1.89. The summed E-state index contributed by atoms with van der Waals surface area (Å²) in [6.45, 7) is 6.13. The van der Waals surface area contributed by atoms with Crippen LogP contribution in [-0.4, -0.2) is 0 Å². The maximum atomic E-state index is 2.22. The molecule has 27 heavy (non-hydrogen) atoms. The van der Waals surface area contributed by atoms with Crippen LogP contribution < -0.4 is 0 Å². The van der Waals surface area contributed by atoms with E-state index in [1.54, 1.807) is 0 Å². The zero-order chi connectivity index (χ0) is 19.1. The van der Waals surface area contributed by atoms with Crippen LogP contribution in [0.15, 0.2) is 103 Å². The lowest BCUT2D eigenvalue weighted by atomic mass is 9.89. The summed E-state index contributed by atoms with van der Waals surface area (Å²) >= 11 is 0. The van der Waals surface area contributed by atoms with Gasteiger partial charge in [0.2, 0.25) is 0 Å². The second kappa shape index (κ2) is 9.00. The van der Waals surface area contributed by atoms with Crippen LogP contribution in [0.25, 0.3) is 33.4 Å². The van der Waals surface area contributed by atoms with Crippen molar-refractivity contribution in [1.82, 2.24) is 0 Å². The summed E-state index contributed by atoms with van der Waals surface area (Å²) in [5.41, 5.74) is 8.86. The van der Waals surface area contributed by atoms with Crippen molar-refractivity contribution < 1.29 is 0 Å². The molecule has 0 saturated heterocycles. The third kappa shape index (κ3) is 4.17. The highest BCUT2D eigenvalue weighted by Crippen LogP contribution is 2.37. The van der Waals surface area contributed by atoms with Gasteiger partial charge in [0.1, 0.15) is 0 Å². The van der Waals surface area contributed by atoms with Crippen LogP contribution in [0.2, 0.25) is 0 Å². The van der Waals surface area contributed by atoms with Gasteiger partial charge in [0.05, 0.1) is 0 Å². The summed E-state index contributed by atoms with van der Waals surface area (Å²) in [4.78, 5) is 0. The number of aryl methyl sites for hydroxylation is 1. The first-order valence-electron chi connectivity index (χ1n) is 9.64. The average Bonchev–Trinajstić information content (AvgIpc) is 2.76. The van der Waals surface area contributed by atoms with Gasteiger partial charge >= 0.3 is 0 Å². The standard InChI is InChI=1S/C25H20.C2H6/c1-19-15-17-21(18-16-19)23-12-6-8-14-25(23)24-13-7-5-11-22(24)20-9-3-2-4-10-20;1-2/h2-18H,1H3;1-2H3. The van der Waals surface area contributed by atoms with E-state index in [0.29, 0.717) is 0 Å². The summed E-state index contributed by atoms with van der Waals surface area (Å²) in [6, 6.07) is 36.7. The first kappa shape index (κ1) is 18.7. The predicted octanol–water partition coefficient (Wildman–Crippen LogP) is 8.02. The molecule has 4 aromatic rings. The van der Waals surface area contributed by atoms with Gasteiger partial charge in [-0.2, -0.15) is 0 Å². The normalized spacial score (nSPS) is 10.0. The molecule has 0 fully saturated rings. The van der Waals surface area contributed by atoms with Crippen LogP contribution in [0.5, 0.6) is 0 Å². The van der Waals surface area contributed by atoms with Crippen LogP contribution >= 0.6 is 0 Å². The molecule has 0 nitrogen and oxygen atoms in total. The van der Waals surface area contributed by atoms with Crippen LogP contribution in [0, 0.1) is 6.92 Å². The van der Waals surface area contributed by atoms with Crippen molar-refractivity contribution in [2.45, 2.75) is 20.8 Å². The molecular formula is C27H26. The fourth-order valence-corrected chi connectivity index (χ4v) is 3.29. The Morgan fingerprint density at radius 2 is 0.741 bits per heavy atom.